The van der Waals surface area contributed by atoms with Gasteiger partial charge in [-0.1, -0.05) is 82.4 Å². The zero-order chi connectivity index (χ0) is 35.8. The number of benzene rings is 1. The minimum Gasteiger partial charge on any atom is -0.435 e. The van der Waals surface area contributed by atoms with E-state index in [1.165, 1.54) is 24.5 Å². The van der Waals surface area contributed by atoms with Crippen LogP contribution in [-0.4, -0.2) is 81.2 Å². The highest BCUT2D eigenvalue weighted by Gasteiger charge is 2.34. The highest BCUT2D eigenvalue weighted by molar-refractivity contribution is 7.98. The van der Waals surface area contributed by atoms with E-state index in [1.807, 2.05) is 36.4 Å². The lowest BCUT2D eigenvalue weighted by atomic mass is 9.81. The number of allylic oxidation sites excluding steroid dienone is 1. The van der Waals surface area contributed by atoms with Crippen LogP contribution in [0, 0.1) is 17.8 Å². The molecule has 0 aliphatic heterocycles. The zero-order valence-corrected chi connectivity index (χ0v) is 29.8. The van der Waals surface area contributed by atoms with Gasteiger partial charge >= 0.3 is 6.09 Å². The molecule has 49 heavy (non-hydrogen) atoms. The van der Waals surface area contributed by atoms with Crippen molar-refractivity contribution in [3.63, 3.8) is 0 Å². The van der Waals surface area contributed by atoms with Crippen LogP contribution in [0.5, 0.6) is 0 Å². The van der Waals surface area contributed by atoms with Crippen LogP contribution in [0.2, 0.25) is 0 Å². The number of amides is 4. The van der Waals surface area contributed by atoms with Crippen molar-refractivity contribution in [1.29, 1.82) is 0 Å². The molecule has 3 rings (SSSR count). The average Bonchev–Trinajstić information content (AvgIpc) is 3.59. The van der Waals surface area contributed by atoms with Crippen LogP contribution in [0.3, 0.4) is 0 Å². The number of aliphatic hydroxyl groups is 1. The summed E-state index contributed by atoms with van der Waals surface area (Å²) in [5.74, 6) is -0.912. The average molecular weight is 699 g/mol. The van der Waals surface area contributed by atoms with Crippen molar-refractivity contribution >= 4 is 35.6 Å². The predicted molar refractivity (Wildman–Crippen MR) is 191 cm³/mol. The molecule has 0 saturated heterocycles. The summed E-state index contributed by atoms with van der Waals surface area (Å²) in [7, 11) is 0. The summed E-state index contributed by atoms with van der Waals surface area (Å²) in [4.78, 5) is 60.0. The van der Waals surface area contributed by atoms with E-state index in [4.69, 9.17) is 10.5 Å². The number of imidazole rings is 1. The smallest absolute Gasteiger partial charge is 0.405 e. The van der Waals surface area contributed by atoms with E-state index >= 15 is 0 Å². The maximum Gasteiger partial charge on any atom is 0.405 e. The Balaban J connectivity index is 1.87. The summed E-state index contributed by atoms with van der Waals surface area (Å²) in [6, 6.07) is 6.40. The normalized spacial score (nSPS) is 17.2. The van der Waals surface area contributed by atoms with E-state index in [0.29, 0.717) is 24.5 Å². The topological polar surface area (TPSA) is 189 Å². The first-order valence-corrected chi connectivity index (χ1v) is 18.6. The maximum absolute atomic E-state index is 14.1. The van der Waals surface area contributed by atoms with Crippen molar-refractivity contribution < 1.29 is 29.0 Å². The van der Waals surface area contributed by atoms with Crippen LogP contribution < -0.4 is 21.7 Å². The Labute approximate surface area is 294 Å². The van der Waals surface area contributed by atoms with E-state index in [9.17, 15) is 24.3 Å². The van der Waals surface area contributed by atoms with Crippen molar-refractivity contribution in [2.45, 2.75) is 102 Å². The molecule has 0 bridgehead atoms. The number of hydrogen-bond acceptors (Lipinski definition) is 8. The van der Waals surface area contributed by atoms with Crippen molar-refractivity contribution in [1.82, 2.24) is 25.9 Å². The molecular formula is C36H54N6O6S. The molecule has 7 N–H and O–H groups in total. The Morgan fingerprint density at radius 1 is 1.04 bits per heavy atom. The molecule has 1 aromatic heterocycles. The highest BCUT2D eigenvalue weighted by Crippen LogP contribution is 2.30. The standard InChI is InChI=1S/C36H54N6O6S/c1-5-26(23(2)3)18-31(43)28(16-24-12-8-6-9-13-24)40-34(45)30(19-27-20-38-22-39-27)41-33(44)29(17-25-14-10-7-11-15-25)42-35(46)32(21-49-4)48-36(37)47/h5,7,10-11,14-15,20,22-24,26,28-32,43H,1,6,8-9,12-13,16-19,21H2,2-4H3,(H2,37,47)(H,38,39)(H,40,45)(H,41,44)(H,42,46)/t26-,28-,29-,30-,31-,32+/m0/s1. The molecular weight excluding hydrogens is 644 g/mol. The van der Waals surface area contributed by atoms with Gasteiger partial charge in [0.1, 0.15) is 12.1 Å². The van der Waals surface area contributed by atoms with Crippen molar-refractivity contribution in [3.05, 3.63) is 66.8 Å². The number of ether oxygens (including phenoxy) is 1. The van der Waals surface area contributed by atoms with Crippen LogP contribution >= 0.6 is 11.8 Å². The second-order valence-corrected chi connectivity index (χ2v) is 14.2. The molecule has 0 unspecified atom stereocenters. The quantitative estimate of drug-likeness (QED) is 0.113. The summed E-state index contributed by atoms with van der Waals surface area (Å²) in [5.41, 5.74) is 6.52. The van der Waals surface area contributed by atoms with Crippen LogP contribution in [0.25, 0.3) is 0 Å². The van der Waals surface area contributed by atoms with Crippen molar-refractivity contribution in [2.75, 3.05) is 12.0 Å². The fraction of sp³-hybridized carbons (Fsp3) is 0.583. The molecule has 1 aliphatic carbocycles. The molecule has 1 aliphatic rings. The second kappa shape index (κ2) is 20.6. The van der Waals surface area contributed by atoms with E-state index in [1.54, 1.807) is 12.5 Å². The summed E-state index contributed by atoms with van der Waals surface area (Å²) in [6.45, 7) is 8.12. The number of aromatic amines is 1. The molecule has 1 fully saturated rings. The summed E-state index contributed by atoms with van der Waals surface area (Å²) in [6.07, 6.45) is 10.4. The number of carbonyl (C=O) groups excluding carboxylic acids is 4. The molecule has 0 radical (unpaired) electrons. The molecule has 6 atom stereocenters. The van der Waals surface area contributed by atoms with E-state index < -0.39 is 54.1 Å². The fourth-order valence-corrected chi connectivity index (χ4v) is 6.86. The second-order valence-electron chi connectivity index (χ2n) is 13.3. The molecule has 13 heteroatoms. The first-order chi connectivity index (χ1) is 23.5. The van der Waals surface area contributed by atoms with Gasteiger partial charge in [-0.25, -0.2) is 9.78 Å². The Hall–Kier alpha value is -3.84. The fourth-order valence-electron chi connectivity index (χ4n) is 6.33. The largest absolute Gasteiger partial charge is 0.435 e. The van der Waals surface area contributed by atoms with Crippen LogP contribution in [-0.2, 0) is 32.0 Å². The van der Waals surface area contributed by atoms with Crippen LogP contribution in [0.4, 0.5) is 4.79 Å². The molecule has 1 heterocycles. The lowest BCUT2D eigenvalue weighted by Gasteiger charge is -2.33. The number of nitrogens with zero attached hydrogens (tertiary/aromatic N) is 1. The lowest BCUT2D eigenvalue weighted by Crippen LogP contribution is -2.58. The third-order valence-electron chi connectivity index (χ3n) is 9.16. The number of H-pyrrole nitrogens is 1. The molecule has 12 nitrogen and oxygen atoms in total. The Morgan fingerprint density at radius 2 is 1.69 bits per heavy atom. The minimum absolute atomic E-state index is 0.0659. The molecule has 270 valence electrons. The third kappa shape index (κ3) is 13.5. The van der Waals surface area contributed by atoms with Crippen LogP contribution in [0.15, 0.2) is 55.5 Å². The molecule has 1 aromatic carbocycles. The van der Waals surface area contributed by atoms with Gasteiger partial charge in [0.15, 0.2) is 6.10 Å². The number of primary amides is 1. The van der Waals surface area contributed by atoms with Gasteiger partial charge in [0.05, 0.1) is 24.2 Å². The van der Waals surface area contributed by atoms with E-state index in [0.717, 1.165) is 31.2 Å². The van der Waals surface area contributed by atoms with Crippen molar-refractivity contribution in [2.24, 2.45) is 23.5 Å². The zero-order valence-electron chi connectivity index (χ0n) is 28.9. The Kier molecular flexibility index (Phi) is 16.7. The number of carbonyl (C=O) groups is 4. The van der Waals surface area contributed by atoms with Gasteiger partial charge in [-0.2, -0.15) is 11.8 Å². The number of aliphatic hydroxyl groups excluding tert-OH is 1. The monoisotopic (exact) mass is 698 g/mol. The Morgan fingerprint density at radius 3 is 2.29 bits per heavy atom. The summed E-state index contributed by atoms with van der Waals surface area (Å²) in [5, 5.41) is 20.2. The lowest BCUT2D eigenvalue weighted by molar-refractivity contribution is -0.134. The molecule has 0 spiro atoms. The number of nitrogens with two attached hydrogens (primary N) is 1. The third-order valence-corrected chi connectivity index (χ3v) is 9.80. The molecule has 1 saturated carbocycles. The molecule has 2 aromatic rings. The Bertz CT molecular complexity index is 1320. The molecule has 4 amide bonds. The maximum atomic E-state index is 14.1. The predicted octanol–water partition coefficient (Wildman–Crippen LogP) is 3.66. The first kappa shape index (κ1) is 39.6. The van der Waals surface area contributed by atoms with Gasteiger partial charge in [-0.05, 0) is 42.4 Å². The number of hydrogen-bond donors (Lipinski definition) is 6. The number of rotatable bonds is 20. The van der Waals surface area contributed by atoms with Crippen molar-refractivity contribution in [3.8, 4) is 0 Å². The highest BCUT2D eigenvalue weighted by atomic mass is 32.2. The van der Waals surface area contributed by atoms with Gasteiger partial charge in [-0.15, -0.1) is 6.58 Å². The summed E-state index contributed by atoms with van der Waals surface area (Å²) < 4.78 is 5.02. The summed E-state index contributed by atoms with van der Waals surface area (Å²) >= 11 is 1.28. The van der Waals surface area contributed by atoms with Crippen LogP contribution in [0.1, 0.15) is 70.1 Å². The first-order valence-electron chi connectivity index (χ1n) is 17.2. The van der Waals surface area contributed by atoms with Gasteiger partial charge in [0, 0.05) is 24.8 Å². The number of nitrogens with one attached hydrogen (secondary N) is 4. The SMILES string of the molecule is C=C[C@@H](C[C@H](O)[C@H](CC1CCCCC1)NC(=O)[C@H](Cc1c[nH]cn1)NC(=O)[C@H](Cc1ccccc1)NC(=O)[C@@H](CSC)OC(N)=O)C(C)C. The van der Waals surface area contributed by atoms with Gasteiger partial charge in [0.25, 0.3) is 5.91 Å². The van der Waals surface area contributed by atoms with Gasteiger partial charge in [0.2, 0.25) is 11.8 Å². The van der Waals surface area contributed by atoms with E-state index in [2.05, 4.69) is 46.3 Å². The van der Waals surface area contributed by atoms with Gasteiger partial charge in [-0.3, -0.25) is 14.4 Å². The van der Waals surface area contributed by atoms with E-state index in [-0.39, 0.29) is 30.4 Å². The number of thioether (sulfide) groups is 1. The van der Waals surface area contributed by atoms with Gasteiger partial charge < -0.3 is 36.5 Å². The minimum atomic E-state index is -1.21. The number of aromatic nitrogens is 2.